The highest BCUT2D eigenvalue weighted by Crippen LogP contribution is 2.38. The summed E-state index contributed by atoms with van der Waals surface area (Å²) in [5.41, 5.74) is 3.11. The van der Waals surface area contributed by atoms with Crippen LogP contribution in [0.4, 0.5) is 11.4 Å². The average molecular weight is 331 g/mol. The maximum absolute atomic E-state index is 12.1. The summed E-state index contributed by atoms with van der Waals surface area (Å²) in [6.45, 7) is 3.74. The fraction of sp³-hybridized carbons (Fsp3) is 0.150. The molecule has 0 aromatic heterocycles. The number of carbonyl (C=O) groups is 2. The standard InChI is InChI=1S/C20H17N3O2/c1-20(2)16-9-8-15(11-17(16)23-19(20)25)22-18(24)10-7-13-3-5-14(12-21)6-4-13/h3-11H,1-2H3,(H,22,24)(H,23,25)/b10-7+. The molecule has 2 amide bonds. The van der Waals surface area contributed by atoms with Gasteiger partial charge >= 0.3 is 0 Å². The Balaban J connectivity index is 1.70. The van der Waals surface area contributed by atoms with E-state index in [-0.39, 0.29) is 11.8 Å². The zero-order valence-corrected chi connectivity index (χ0v) is 14.0. The summed E-state index contributed by atoms with van der Waals surface area (Å²) < 4.78 is 0. The van der Waals surface area contributed by atoms with Crippen molar-refractivity contribution in [1.29, 1.82) is 5.26 Å². The first-order valence-corrected chi connectivity index (χ1v) is 7.85. The molecule has 0 saturated heterocycles. The second-order valence-electron chi connectivity index (χ2n) is 6.40. The number of fused-ring (bicyclic) bond motifs is 1. The minimum absolute atomic E-state index is 0.0494. The fourth-order valence-corrected chi connectivity index (χ4v) is 2.70. The van der Waals surface area contributed by atoms with E-state index in [1.54, 1.807) is 42.5 Å². The van der Waals surface area contributed by atoms with Gasteiger partial charge in [-0.1, -0.05) is 18.2 Å². The highest BCUT2D eigenvalue weighted by atomic mass is 16.2. The molecule has 2 aromatic carbocycles. The largest absolute Gasteiger partial charge is 0.325 e. The molecule has 2 aromatic rings. The van der Waals surface area contributed by atoms with Crippen molar-refractivity contribution >= 4 is 29.3 Å². The Bertz CT molecular complexity index is 919. The van der Waals surface area contributed by atoms with Crippen molar-refractivity contribution in [3.63, 3.8) is 0 Å². The van der Waals surface area contributed by atoms with E-state index in [9.17, 15) is 9.59 Å². The van der Waals surface area contributed by atoms with E-state index in [0.29, 0.717) is 11.3 Å². The Morgan fingerprint density at radius 2 is 1.92 bits per heavy atom. The molecular formula is C20H17N3O2. The lowest BCUT2D eigenvalue weighted by Crippen LogP contribution is -2.26. The predicted octanol–water partition coefficient (Wildman–Crippen LogP) is 3.44. The number of rotatable bonds is 3. The first-order valence-electron chi connectivity index (χ1n) is 7.85. The number of carbonyl (C=O) groups excluding carboxylic acids is 2. The van der Waals surface area contributed by atoms with Gasteiger partial charge in [0.1, 0.15) is 0 Å². The van der Waals surface area contributed by atoms with E-state index < -0.39 is 5.41 Å². The molecule has 0 bridgehead atoms. The summed E-state index contributed by atoms with van der Waals surface area (Å²) in [7, 11) is 0. The van der Waals surface area contributed by atoms with Crippen molar-refractivity contribution in [3.05, 3.63) is 65.2 Å². The summed E-state index contributed by atoms with van der Waals surface area (Å²) >= 11 is 0. The Morgan fingerprint density at radius 3 is 2.60 bits per heavy atom. The monoisotopic (exact) mass is 331 g/mol. The van der Waals surface area contributed by atoms with Crippen LogP contribution in [0.2, 0.25) is 0 Å². The molecule has 5 nitrogen and oxygen atoms in total. The number of nitriles is 1. The van der Waals surface area contributed by atoms with E-state index in [2.05, 4.69) is 10.6 Å². The summed E-state index contributed by atoms with van der Waals surface area (Å²) in [6, 6.07) is 14.4. The molecule has 0 spiro atoms. The van der Waals surface area contributed by atoms with Gasteiger partial charge in [0.15, 0.2) is 0 Å². The minimum Gasteiger partial charge on any atom is -0.325 e. The van der Waals surface area contributed by atoms with Crippen LogP contribution in [0.5, 0.6) is 0 Å². The van der Waals surface area contributed by atoms with Gasteiger partial charge in [-0.05, 0) is 55.3 Å². The molecule has 0 fully saturated rings. The third kappa shape index (κ3) is 3.29. The zero-order chi connectivity index (χ0) is 18.0. The number of nitrogens with one attached hydrogen (secondary N) is 2. The number of hydrogen-bond donors (Lipinski definition) is 2. The fourth-order valence-electron chi connectivity index (χ4n) is 2.70. The number of amides is 2. The van der Waals surface area contributed by atoms with Crippen molar-refractivity contribution < 1.29 is 9.59 Å². The molecule has 1 aliphatic heterocycles. The first-order chi connectivity index (χ1) is 11.9. The third-order valence-corrected chi connectivity index (χ3v) is 4.24. The lowest BCUT2D eigenvalue weighted by molar-refractivity contribution is -0.119. The second kappa shape index (κ2) is 6.25. The molecule has 0 radical (unpaired) electrons. The topological polar surface area (TPSA) is 82.0 Å². The Hall–Kier alpha value is -3.39. The molecule has 0 aliphatic carbocycles. The van der Waals surface area contributed by atoms with Crippen LogP contribution in [0.15, 0.2) is 48.5 Å². The van der Waals surface area contributed by atoms with Gasteiger partial charge in [-0.2, -0.15) is 5.26 Å². The van der Waals surface area contributed by atoms with Gasteiger partial charge < -0.3 is 10.6 Å². The van der Waals surface area contributed by atoms with Crippen LogP contribution in [-0.2, 0) is 15.0 Å². The van der Waals surface area contributed by atoms with Gasteiger partial charge in [-0.25, -0.2) is 0 Å². The van der Waals surface area contributed by atoms with Crippen LogP contribution in [0.1, 0.15) is 30.5 Å². The maximum atomic E-state index is 12.1. The van der Waals surface area contributed by atoms with Crippen LogP contribution in [0.3, 0.4) is 0 Å². The number of nitrogens with zero attached hydrogens (tertiary/aromatic N) is 1. The Kier molecular flexibility index (Phi) is 4.12. The summed E-state index contributed by atoms with van der Waals surface area (Å²) in [5, 5.41) is 14.4. The molecule has 1 heterocycles. The van der Waals surface area contributed by atoms with E-state index >= 15 is 0 Å². The van der Waals surface area contributed by atoms with Gasteiger partial charge in [0.05, 0.1) is 17.0 Å². The average Bonchev–Trinajstić information content (AvgIpc) is 2.82. The van der Waals surface area contributed by atoms with Crippen molar-refractivity contribution in [2.45, 2.75) is 19.3 Å². The highest BCUT2D eigenvalue weighted by Gasteiger charge is 2.38. The molecule has 124 valence electrons. The molecular weight excluding hydrogens is 314 g/mol. The molecule has 3 rings (SSSR count). The van der Waals surface area contributed by atoms with Crippen LogP contribution in [0.25, 0.3) is 6.08 Å². The normalized spacial score (nSPS) is 14.7. The van der Waals surface area contributed by atoms with E-state index in [1.165, 1.54) is 6.08 Å². The van der Waals surface area contributed by atoms with Crippen molar-refractivity contribution in [3.8, 4) is 6.07 Å². The van der Waals surface area contributed by atoms with Crippen molar-refractivity contribution in [2.24, 2.45) is 0 Å². The van der Waals surface area contributed by atoms with Crippen LogP contribution >= 0.6 is 0 Å². The molecule has 2 N–H and O–H groups in total. The Labute approximate surface area is 146 Å². The summed E-state index contributed by atoms with van der Waals surface area (Å²) in [6.07, 6.45) is 3.10. The third-order valence-electron chi connectivity index (χ3n) is 4.24. The lowest BCUT2D eigenvalue weighted by atomic mass is 9.86. The summed E-state index contributed by atoms with van der Waals surface area (Å²) in [5.74, 6) is -0.320. The van der Waals surface area contributed by atoms with Crippen LogP contribution in [0, 0.1) is 11.3 Å². The molecule has 0 unspecified atom stereocenters. The Morgan fingerprint density at radius 1 is 1.20 bits per heavy atom. The van der Waals surface area contributed by atoms with Gasteiger partial charge in [0.25, 0.3) is 0 Å². The van der Waals surface area contributed by atoms with Gasteiger partial charge in [-0.3, -0.25) is 9.59 Å². The van der Waals surface area contributed by atoms with Gasteiger partial charge in [0.2, 0.25) is 11.8 Å². The number of hydrogen-bond acceptors (Lipinski definition) is 3. The molecule has 0 saturated carbocycles. The SMILES string of the molecule is CC1(C)C(=O)Nc2cc(NC(=O)/C=C/c3ccc(C#N)cc3)ccc21. The predicted molar refractivity (Wildman–Crippen MR) is 96.9 cm³/mol. The maximum Gasteiger partial charge on any atom is 0.248 e. The van der Waals surface area contributed by atoms with E-state index in [0.717, 1.165) is 16.8 Å². The molecule has 5 heteroatoms. The van der Waals surface area contributed by atoms with E-state index in [4.69, 9.17) is 5.26 Å². The number of benzene rings is 2. The molecule has 0 atom stereocenters. The first kappa shape index (κ1) is 16.5. The van der Waals surface area contributed by atoms with Crippen molar-refractivity contribution in [2.75, 3.05) is 10.6 Å². The lowest BCUT2D eigenvalue weighted by Gasteiger charge is -2.15. The molecule has 25 heavy (non-hydrogen) atoms. The van der Waals surface area contributed by atoms with Crippen LogP contribution in [-0.4, -0.2) is 11.8 Å². The molecule has 1 aliphatic rings. The zero-order valence-electron chi connectivity index (χ0n) is 14.0. The quantitative estimate of drug-likeness (QED) is 0.845. The minimum atomic E-state index is -0.562. The summed E-state index contributed by atoms with van der Waals surface area (Å²) in [4.78, 5) is 24.0. The van der Waals surface area contributed by atoms with E-state index in [1.807, 2.05) is 26.0 Å². The van der Waals surface area contributed by atoms with Gasteiger partial charge in [-0.15, -0.1) is 0 Å². The van der Waals surface area contributed by atoms with Crippen molar-refractivity contribution in [1.82, 2.24) is 0 Å². The highest BCUT2D eigenvalue weighted by molar-refractivity contribution is 6.07. The van der Waals surface area contributed by atoms with Gasteiger partial charge in [0, 0.05) is 17.5 Å². The smallest absolute Gasteiger partial charge is 0.248 e. The van der Waals surface area contributed by atoms with Crippen LogP contribution < -0.4 is 10.6 Å². The second-order valence-corrected chi connectivity index (χ2v) is 6.40. The number of anilines is 2.